The molecule has 1 aromatic heterocycles. The fraction of sp³-hybridized carbons (Fsp3) is 0.464. The molecule has 0 aliphatic carbocycles. The van der Waals surface area contributed by atoms with Gasteiger partial charge in [0.05, 0.1) is 19.8 Å². The first-order chi connectivity index (χ1) is 20.4. The van der Waals surface area contributed by atoms with Crippen LogP contribution in [-0.4, -0.2) is 116 Å². The van der Waals surface area contributed by atoms with Gasteiger partial charge in [0, 0.05) is 17.7 Å². The van der Waals surface area contributed by atoms with Crippen LogP contribution in [-0.2, 0) is 14.2 Å². The molecule has 43 heavy (non-hydrogen) atoms. The molecule has 15 heteroatoms. The summed E-state index contributed by atoms with van der Waals surface area (Å²) < 4.78 is 33.9. The lowest BCUT2D eigenvalue weighted by molar-refractivity contribution is -0.354. The maximum Gasteiger partial charge on any atom is 0.239 e. The Hall–Kier alpha value is -3.51. The summed E-state index contributed by atoms with van der Waals surface area (Å²) in [6.45, 7) is 0.611. The monoisotopic (exact) mass is 608 g/mol. The van der Waals surface area contributed by atoms with Gasteiger partial charge in [-0.25, -0.2) is 0 Å². The van der Waals surface area contributed by atoms with Crippen LogP contribution in [0.2, 0.25) is 0 Å². The summed E-state index contributed by atoms with van der Waals surface area (Å²) in [5, 5.41) is 82.5. The number of aliphatic hydroxyl groups excluding tert-OH is 6. The van der Waals surface area contributed by atoms with Crippen molar-refractivity contribution in [3.05, 3.63) is 46.6 Å². The number of hydrogen-bond donors (Lipinski definition) is 8. The molecule has 0 unspecified atom stereocenters. The zero-order valence-electron chi connectivity index (χ0n) is 22.9. The molecule has 0 spiro atoms. The van der Waals surface area contributed by atoms with Crippen molar-refractivity contribution in [2.24, 2.45) is 0 Å². The number of rotatable bonds is 7. The van der Waals surface area contributed by atoms with E-state index in [9.17, 15) is 45.6 Å². The zero-order chi connectivity index (χ0) is 31.2. The van der Waals surface area contributed by atoms with Crippen LogP contribution in [0, 0.1) is 0 Å². The number of fused-ring (bicyclic) bond motifs is 1. The van der Waals surface area contributed by atoms with E-state index in [0.29, 0.717) is 0 Å². The predicted octanol–water partition coefficient (Wildman–Crippen LogP) is -1.09. The van der Waals surface area contributed by atoms with E-state index < -0.39 is 84.9 Å². The zero-order valence-corrected chi connectivity index (χ0v) is 22.9. The van der Waals surface area contributed by atoms with Crippen molar-refractivity contribution < 1.29 is 69.0 Å². The third kappa shape index (κ3) is 5.74. The molecule has 8 N–H and O–H groups in total. The van der Waals surface area contributed by atoms with Crippen LogP contribution in [0.1, 0.15) is 6.92 Å². The number of benzene rings is 2. The molecular formula is C28H32O15. The molecule has 2 saturated heterocycles. The molecule has 0 bridgehead atoms. The van der Waals surface area contributed by atoms with Gasteiger partial charge in [0.1, 0.15) is 64.8 Å². The lowest BCUT2D eigenvalue weighted by Gasteiger charge is -2.45. The number of phenolic OH excluding ortho intramolecular Hbond substituents is 2. The maximum atomic E-state index is 13.8. The predicted molar refractivity (Wildman–Crippen MR) is 143 cm³/mol. The van der Waals surface area contributed by atoms with Crippen LogP contribution in [0.3, 0.4) is 0 Å². The summed E-state index contributed by atoms with van der Waals surface area (Å²) in [6, 6.07) is 8.11. The first kappa shape index (κ1) is 30.9. The van der Waals surface area contributed by atoms with Crippen LogP contribution < -0.4 is 14.9 Å². The summed E-state index contributed by atoms with van der Waals surface area (Å²) in [6.07, 6.45) is -16.2. The Morgan fingerprint density at radius 1 is 0.884 bits per heavy atom. The van der Waals surface area contributed by atoms with E-state index in [-0.39, 0.29) is 33.8 Å². The maximum absolute atomic E-state index is 13.8. The molecule has 2 fully saturated rings. The molecule has 234 valence electrons. The van der Waals surface area contributed by atoms with Crippen LogP contribution in [0.5, 0.6) is 23.0 Å². The number of ether oxygens (including phenoxy) is 5. The molecule has 10 atom stereocenters. The Labute approximate surface area is 243 Å². The van der Waals surface area contributed by atoms with Gasteiger partial charge in [0.25, 0.3) is 0 Å². The quantitative estimate of drug-likeness (QED) is 0.159. The molecule has 3 heterocycles. The lowest BCUT2D eigenvalue weighted by Crippen LogP contribution is -2.64. The fourth-order valence-electron chi connectivity index (χ4n) is 5.01. The first-order valence-electron chi connectivity index (χ1n) is 13.3. The summed E-state index contributed by atoms with van der Waals surface area (Å²) in [5.74, 6) is -1.36. The van der Waals surface area contributed by atoms with E-state index in [2.05, 4.69) is 0 Å². The minimum absolute atomic E-state index is 0.103. The van der Waals surface area contributed by atoms with Gasteiger partial charge < -0.3 is 69.0 Å². The standard InChI is InChI=1S/C28H32O15/c1-10-18(32)21(35)23(37)27(39-10)43-26-22(36)19(33)16(9-29)41-28(26)42-25-20(34)17-14(31)7-13(38-2)8-15(17)40-24(25)11-4-3-5-12(30)6-11/h3-8,10,16,18-19,21-23,26-33,35-37H,9H2,1-2H3/t10-,16+,18-,19+,21-,22-,23-,26-,27-,28-/m0/s1. The van der Waals surface area contributed by atoms with Gasteiger partial charge in [-0.2, -0.15) is 0 Å². The molecule has 2 aromatic carbocycles. The third-order valence-corrected chi connectivity index (χ3v) is 7.41. The second kappa shape index (κ2) is 12.2. The smallest absolute Gasteiger partial charge is 0.239 e. The van der Waals surface area contributed by atoms with Crippen molar-refractivity contribution in [1.82, 2.24) is 0 Å². The molecule has 5 rings (SSSR count). The molecular weight excluding hydrogens is 576 g/mol. The second-order valence-corrected chi connectivity index (χ2v) is 10.3. The second-order valence-electron chi connectivity index (χ2n) is 10.3. The highest BCUT2D eigenvalue weighted by molar-refractivity contribution is 5.88. The van der Waals surface area contributed by atoms with Crippen molar-refractivity contribution >= 4 is 11.0 Å². The van der Waals surface area contributed by atoms with E-state index in [1.165, 1.54) is 50.4 Å². The Kier molecular flexibility index (Phi) is 8.80. The first-order valence-corrected chi connectivity index (χ1v) is 13.3. The van der Waals surface area contributed by atoms with E-state index in [0.717, 1.165) is 0 Å². The summed E-state index contributed by atoms with van der Waals surface area (Å²) in [5.41, 5.74) is -0.862. The van der Waals surface area contributed by atoms with Crippen LogP contribution in [0.4, 0.5) is 0 Å². The molecule has 2 aliphatic heterocycles. The highest BCUT2D eigenvalue weighted by atomic mass is 16.8. The molecule has 15 nitrogen and oxygen atoms in total. The Balaban J connectivity index is 1.61. The normalized spacial score (nSPS) is 32.9. The molecule has 3 aromatic rings. The molecule has 0 saturated carbocycles. The number of phenols is 2. The minimum atomic E-state index is -1.86. The van der Waals surface area contributed by atoms with Gasteiger partial charge in [0.15, 0.2) is 18.2 Å². The van der Waals surface area contributed by atoms with Crippen molar-refractivity contribution in [2.45, 2.75) is 68.3 Å². The van der Waals surface area contributed by atoms with Gasteiger partial charge in [-0.1, -0.05) is 12.1 Å². The van der Waals surface area contributed by atoms with E-state index in [1.807, 2.05) is 0 Å². The fourth-order valence-corrected chi connectivity index (χ4v) is 5.01. The van der Waals surface area contributed by atoms with Crippen LogP contribution in [0.15, 0.2) is 45.6 Å². The number of hydrogen-bond acceptors (Lipinski definition) is 15. The van der Waals surface area contributed by atoms with Gasteiger partial charge in [-0.05, 0) is 19.1 Å². The molecule has 0 amide bonds. The van der Waals surface area contributed by atoms with Gasteiger partial charge in [-0.15, -0.1) is 0 Å². The minimum Gasteiger partial charge on any atom is -0.508 e. The average Bonchev–Trinajstić information content (AvgIpc) is 2.98. The van der Waals surface area contributed by atoms with Crippen LogP contribution >= 0.6 is 0 Å². The molecule has 2 aliphatic rings. The van der Waals surface area contributed by atoms with E-state index >= 15 is 0 Å². The lowest BCUT2D eigenvalue weighted by atomic mass is 9.97. The van der Waals surface area contributed by atoms with E-state index in [1.54, 1.807) is 0 Å². The average molecular weight is 609 g/mol. The van der Waals surface area contributed by atoms with E-state index in [4.69, 9.17) is 28.1 Å². The summed E-state index contributed by atoms with van der Waals surface area (Å²) in [7, 11) is 1.34. The SMILES string of the molecule is COc1cc(O)c2c(=O)c(O[C@@H]3O[C@H](CO)[C@@H](O)[C@H](O)[C@@H]3O[C@@H]3O[C@@H](C)[C@H](O)[C@H](O)[C@@H]3O)c(-c3cccc(O)c3)oc2c1. The highest BCUT2D eigenvalue weighted by Gasteiger charge is 2.51. The number of methoxy groups -OCH3 is 1. The van der Waals surface area contributed by atoms with Gasteiger partial charge in [-0.3, -0.25) is 4.79 Å². The van der Waals surface area contributed by atoms with Crippen molar-refractivity contribution in [3.63, 3.8) is 0 Å². The Morgan fingerprint density at radius 2 is 1.63 bits per heavy atom. The summed E-state index contributed by atoms with van der Waals surface area (Å²) >= 11 is 0. The van der Waals surface area contributed by atoms with Crippen molar-refractivity contribution in [3.8, 4) is 34.3 Å². The van der Waals surface area contributed by atoms with Gasteiger partial charge in [0.2, 0.25) is 17.5 Å². The third-order valence-electron chi connectivity index (χ3n) is 7.41. The van der Waals surface area contributed by atoms with Crippen molar-refractivity contribution in [1.29, 1.82) is 0 Å². The summed E-state index contributed by atoms with van der Waals surface area (Å²) in [4.78, 5) is 13.8. The topological polar surface area (TPSA) is 238 Å². The Morgan fingerprint density at radius 3 is 2.30 bits per heavy atom. The highest BCUT2D eigenvalue weighted by Crippen LogP contribution is 2.38. The molecule has 0 radical (unpaired) electrons. The largest absolute Gasteiger partial charge is 0.508 e. The Bertz CT molecular complexity index is 1510. The van der Waals surface area contributed by atoms with Crippen LogP contribution in [0.25, 0.3) is 22.3 Å². The van der Waals surface area contributed by atoms with Crippen molar-refractivity contribution in [2.75, 3.05) is 13.7 Å². The van der Waals surface area contributed by atoms with Gasteiger partial charge >= 0.3 is 0 Å². The number of aromatic hydroxyl groups is 2. The number of aliphatic hydroxyl groups is 6.